The first-order valence-electron chi connectivity index (χ1n) is 10.3. The first-order chi connectivity index (χ1) is 14.6. The number of hydrogen-bond acceptors (Lipinski definition) is 7. The van der Waals surface area contributed by atoms with Crippen LogP contribution in [-0.2, 0) is 4.74 Å². The highest BCUT2D eigenvalue weighted by Gasteiger charge is 2.22. The van der Waals surface area contributed by atoms with Crippen LogP contribution in [0, 0.1) is 0 Å². The van der Waals surface area contributed by atoms with Crippen molar-refractivity contribution in [2.45, 2.75) is 20.0 Å². The van der Waals surface area contributed by atoms with Gasteiger partial charge in [-0.1, -0.05) is 24.3 Å². The minimum absolute atomic E-state index is 0.0716. The summed E-state index contributed by atoms with van der Waals surface area (Å²) < 4.78 is 5.41. The van der Waals surface area contributed by atoms with Gasteiger partial charge >= 0.3 is 0 Å². The lowest BCUT2D eigenvalue weighted by Crippen LogP contribution is -2.47. The third-order valence-corrected chi connectivity index (χ3v) is 5.75. The maximum Gasteiger partial charge on any atom is 0.155 e. The van der Waals surface area contributed by atoms with Crippen LogP contribution in [0.1, 0.15) is 25.5 Å². The Balaban J connectivity index is 1.71. The molecule has 7 nitrogen and oxygen atoms in total. The van der Waals surface area contributed by atoms with E-state index in [0.717, 1.165) is 66.6 Å². The number of nitrogens with zero attached hydrogens (tertiary/aromatic N) is 5. The van der Waals surface area contributed by atoms with E-state index >= 15 is 0 Å². The molecule has 0 amide bonds. The van der Waals surface area contributed by atoms with Gasteiger partial charge in [0, 0.05) is 82.3 Å². The number of benzene rings is 1. The molecule has 1 unspecified atom stereocenters. The van der Waals surface area contributed by atoms with Crippen LogP contribution in [0.5, 0.6) is 0 Å². The number of piperazine rings is 1. The average Bonchev–Trinajstić information content (AvgIpc) is 2.82. The summed E-state index contributed by atoms with van der Waals surface area (Å²) in [6.07, 6.45) is 5.26. The van der Waals surface area contributed by atoms with Crippen molar-refractivity contribution in [2.24, 2.45) is 10.7 Å². The Morgan fingerprint density at radius 2 is 1.83 bits per heavy atom. The van der Waals surface area contributed by atoms with Crippen LogP contribution in [-0.4, -0.2) is 67.5 Å². The molecule has 1 aromatic heterocycles. The van der Waals surface area contributed by atoms with Gasteiger partial charge in [0.2, 0.25) is 0 Å². The lowest BCUT2D eigenvalue weighted by Gasteiger charge is -2.36. The van der Waals surface area contributed by atoms with Crippen molar-refractivity contribution in [3.63, 3.8) is 0 Å². The number of rotatable bonds is 7. The second-order valence-corrected chi connectivity index (χ2v) is 7.49. The Hall–Kier alpha value is -2.77. The van der Waals surface area contributed by atoms with Crippen LogP contribution in [0.15, 0.2) is 53.4 Å². The Labute approximate surface area is 179 Å². The third-order valence-electron chi connectivity index (χ3n) is 5.75. The Morgan fingerprint density at radius 3 is 2.43 bits per heavy atom. The Morgan fingerprint density at radius 1 is 1.17 bits per heavy atom. The van der Waals surface area contributed by atoms with Gasteiger partial charge in [-0.05, 0) is 19.4 Å². The summed E-state index contributed by atoms with van der Waals surface area (Å²) in [5.41, 5.74) is 11.0. The molecular weight excluding hydrogens is 376 g/mol. The molecule has 160 valence electrons. The largest absolute Gasteiger partial charge is 0.404 e. The fourth-order valence-electron chi connectivity index (χ4n) is 3.60. The van der Waals surface area contributed by atoms with Gasteiger partial charge in [0.1, 0.15) is 5.69 Å². The third kappa shape index (κ3) is 5.04. The first kappa shape index (κ1) is 21.9. The quantitative estimate of drug-likeness (QED) is 0.710. The van der Waals surface area contributed by atoms with Gasteiger partial charge in [-0.25, -0.2) is 4.98 Å². The van der Waals surface area contributed by atoms with Gasteiger partial charge in [-0.2, -0.15) is 0 Å². The van der Waals surface area contributed by atoms with Gasteiger partial charge in [0.05, 0.1) is 6.10 Å². The molecule has 3 rings (SSSR count). The number of methoxy groups -OCH3 is 1. The van der Waals surface area contributed by atoms with E-state index in [2.05, 4.69) is 49.0 Å². The van der Waals surface area contributed by atoms with Crippen molar-refractivity contribution in [2.75, 3.05) is 51.8 Å². The van der Waals surface area contributed by atoms with Crippen LogP contribution in [0.2, 0.25) is 0 Å². The summed E-state index contributed by atoms with van der Waals surface area (Å²) in [7, 11) is 3.52. The molecule has 30 heavy (non-hydrogen) atoms. The molecule has 1 atom stereocenters. The second-order valence-electron chi connectivity index (χ2n) is 7.49. The molecule has 1 aromatic carbocycles. The number of ether oxygens (including phenoxy) is 1. The number of hydrogen-bond donors (Lipinski definition) is 1. The number of anilines is 1. The molecule has 0 saturated carbocycles. The summed E-state index contributed by atoms with van der Waals surface area (Å²) in [6.45, 7) is 8.53. The molecule has 1 aliphatic rings. The lowest BCUT2D eigenvalue weighted by molar-refractivity contribution is 0.119. The zero-order valence-corrected chi connectivity index (χ0v) is 18.4. The van der Waals surface area contributed by atoms with Crippen molar-refractivity contribution >= 4 is 11.5 Å². The Bertz CT molecular complexity index is 885. The van der Waals surface area contributed by atoms with Gasteiger partial charge in [0.15, 0.2) is 5.82 Å². The standard InChI is InChI=1S/C23H32N6O/c1-17(25-3)21(15-24)16-28-11-13-29(14-12-28)23-22(26-9-10-27-23)20-7-5-19(6-8-20)18(2)30-4/h5-10,15,18H,11-14,16,24H2,1-4H3/b21-15-,25-17?. The number of nitrogens with two attached hydrogens (primary N) is 1. The van der Waals surface area contributed by atoms with E-state index in [1.807, 2.05) is 13.8 Å². The maximum atomic E-state index is 5.80. The van der Waals surface area contributed by atoms with E-state index in [1.165, 1.54) is 0 Å². The van der Waals surface area contributed by atoms with Gasteiger partial charge in [-0.15, -0.1) is 0 Å². The van der Waals surface area contributed by atoms with Gasteiger partial charge < -0.3 is 15.4 Å². The fraction of sp³-hybridized carbons (Fsp3) is 0.435. The van der Waals surface area contributed by atoms with E-state index in [1.54, 1.807) is 32.8 Å². The molecule has 7 heteroatoms. The summed E-state index contributed by atoms with van der Waals surface area (Å²) in [5, 5.41) is 0. The molecule has 1 saturated heterocycles. The summed E-state index contributed by atoms with van der Waals surface area (Å²) in [6, 6.07) is 8.38. The Kier molecular flexibility index (Phi) is 7.54. The van der Waals surface area contributed by atoms with Crippen LogP contribution in [0.3, 0.4) is 0 Å². The highest BCUT2D eigenvalue weighted by molar-refractivity contribution is 5.98. The second kappa shape index (κ2) is 10.3. The van der Waals surface area contributed by atoms with E-state index in [9.17, 15) is 0 Å². The van der Waals surface area contributed by atoms with Crippen molar-refractivity contribution in [3.05, 3.63) is 54.0 Å². The molecule has 1 aliphatic heterocycles. The molecule has 1 fully saturated rings. The summed E-state index contributed by atoms with van der Waals surface area (Å²) in [5.74, 6) is 0.936. The first-order valence-corrected chi connectivity index (χ1v) is 10.3. The van der Waals surface area contributed by atoms with Crippen molar-refractivity contribution in [3.8, 4) is 11.3 Å². The van der Waals surface area contributed by atoms with Crippen molar-refractivity contribution in [1.82, 2.24) is 14.9 Å². The zero-order valence-electron chi connectivity index (χ0n) is 18.4. The number of aliphatic imine (C=N–C) groups is 1. The SMILES string of the molecule is CN=C(C)/C(=C\N)CN1CCN(c2nccnc2-c2ccc(C(C)OC)cc2)CC1. The molecule has 0 bridgehead atoms. The number of aromatic nitrogens is 2. The molecule has 0 spiro atoms. The van der Waals surface area contributed by atoms with Crippen LogP contribution in [0.4, 0.5) is 5.82 Å². The fourth-order valence-corrected chi connectivity index (χ4v) is 3.60. The monoisotopic (exact) mass is 408 g/mol. The van der Waals surface area contributed by atoms with Gasteiger partial charge in [-0.3, -0.25) is 14.9 Å². The van der Waals surface area contributed by atoms with E-state index in [0.29, 0.717) is 0 Å². The van der Waals surface area contributed by atoms with Crippen molar-refractivity contribution < 1.29 is 4.74 Å². The van der Waals surface area contributed by atoms with Crippen LogP contribution >= 0.6 is 0 Å². The highest BCUT2D eigenvalue weighted by atomic mass is 16.5. The molecule has 2 aromatic rings. The van der Waals surface area contributed by atoms with Crippen LogP contribution in [0.25, 0.3) is 11.3 Å². The topological polar surface area (TPSA) is 79.9 Å². The lowest BCUT2D eigenvalue weighted by atomic mass is 10.1. The maximum absolute atomic E-state index is 5.80. The summed E-state index contributed by atoms with van der Waals surface area (Å²) >= 11 is 0. The highest BCUT2D eigenvalue weighted by Crippen LogP contribution is 2.29. The molecule has 0 radical (unpaired) electrons. The normalized spacial score (nSPS) is 17.3. The van der Waals surface area contributed by atoms with E-state index in [4.69, 9.17) is 10.5 Å². The zero-order chi connectivity index (χ0) is 21.5. The molecule has 2 heterocycles. The van der Waals surface area contributed by atoms with Crippen LogP contribution < -0.4 is 10.6 Å². The van der Waals surface area contributed by atoms with E-state index < -0.39 is 0 Å². The van der Waals surface area contributed by atoms with Crippen molar-refractivity contribution in [1.29, 1.82) is 0 Å². The molecular formula is C23H32N6O. The minimum Gasteiger partial charge on any atom is -0.404 e. The molecule has 2 N–H and O–H groups in total. The van der Waals surface area contributed by atoms with Gasteiger partial charge in [0.25, 0.3) is 0 Å². The molecule has 0 aliphatic carbocycles. The predicted octanol–water partition coefficient (Wildman–Crippen LogP) is 2.91. The average molecular weight is 409 g/mol. The minimum atomic E-state index is 0.0716. The van der Waals surface area contributed by atoms with E-state index in [-0.39, 0.29) is 6.10 Å². The smallest absolute Gasteiger partial charge is 0.155 e. The predicted molar refractivity (Wildman–Crippen MR) is 123 cm³/mol. The summed E-state index contributed by atoms with van der Waals surface area (Å²) in [4.78, 5) is 18.3.